The third kappa shape index (κ3) is 2.84. The molecule has 2 heterocycles. The molecule has 1 aromatic heterocycles. The van der Waals surface area contributed by atoms with Gasteiger partial charge in [0.2, 0.25) is 5.76 Å². The number of carbonyl (C=O) groups excluding carboxylic acids is 1. The summed E-state index contributed by atoms with van der Waals surface area (Å²) in [6.07, 6.45) is -1.79. The molecule has 0 radical (unpaired) electrons. The zero-order valence-corrected chi connectivity index (χ0v) is 12.6. The minimum atomic E-state index is -1.19. The second-order valence-corrected chi connectivity index (χ2v) is 5.52. The second kappa shape index (κ2) is 6.06. The molecule has 7 heteroatoms. The summed E-state index contributed by atoms with van der Waals surface area (Å²) in [5, 5.41) is 4.44. The summed E-state index contributed by atoms with van der Waals surface area (Å²) in [7, 11) is 1.43. The fraction of sp³-hybridized carbons (Fsp3) is 0.333. The van der Waals surface area contributed by atoms with E-state index in [0.29, 0.717) is 10.7 Å². The number of hydrogen-bond acceptors (Lipinski definition) is 4. The van der Waals surface area contributed by atoms with Crippen LogP contribution in [0.25, 0.3) is 11.3 Å². The van der Waals surface area contributed by atoms with Crippen molar-refractivity contribution in [3.8, 4) is 11.3 Å². The van der Waals surface area contributed by atoms with Crippen molar-refractivity contribution in [2.45, 2.75) is 12.3 Å². The molecule has 1 aromatic carbocycles. The maximum absolute atomic E-state index is 13.6. The Balaban J connectivity index is 1.78. The highest BCUT2D eigenvalue weighted by molar-refractivity contribution is 6.30. The largest absolute Gasteiger partial charge is 0.377 e. The van der Waals surface area contributed by atoms with Crippen molar-refractivity contribution in [1.29, 1.82) is 0 Å². The quantitative estimate of drug-likeness (QED) is 0.871. The zero-order chi connectivity index (χ0) is 15.7. The number of ether oxygens (including phenoxy) is 1. The smallest absolute Gasteiger partial charge is 0.292 e. The van der Waals surface area contributed by atoms with Gasteiger partial charge in [-0.15, -0.1) is 0 Å². The van der Waals surface area contributed by atoms with Crippen LogP contribution in [-0.4, -0.2) is 48.4 Å². The lowest BCUT2D eigenvalue weighted by Crippen LogP contribution is -2.29. The maximum Gasteiger partial charge on any atom is 0.292 e. The number of halogens is 2. The van der Waals surface area contributed by atoms with Gasteiger partial charge in [0, 0.05) is 23.8 Å². The SMILES string of the molecule is CO[C@H]1CN(C(=O)c2cc(-c3cccc(Cl)c3)no2)C[C@@H]1F. The van der Waals surface area contributed by atoms with E-state index in [1.165, 1.54) is 18.1 Å². The fourth-order valence-electron chi connectivity index (χ4n) is 2.44. The molecule has 0 N–H and O–H groups in total. The van der Waals surface area contributed by atoms with Gasteiger partial charge in [-0.05, 0) is 12.1 Å². The van der Waals surface area contributed by atoms with Crippen LogP contribution >= 0.6 is 11.6 Å². The highest BCUT2D eigenvalue weighted by Gasteiger charge is 2.37. The number of hydrogen-bond donors (Lipinski definition) is 0. The van der Waals surface area contributed by atoms with Gasteiger partial charge in [0.25, 0.3) is 5.91 Å². The number of amides is 1. The van der Waals surface area contributed by atoms with Crippen LogP contribution in [0.3, 0.4) is 0 Å². The van der Waals surface area contributed by atoms with Crippen LogP contribution in [0.1, 0.15) is 10.6 Å². The Bertz CT molecular complexity index is 691. The molecule has 1 fully saturated rings. The average molecular weight is 325 g/mol. The molecule has 3 rings (SSSR count). The standard InChI is InChI=1S/C15H14ClFN2O3/c1-21-14-8-19(7-11(14)17)15(20)13-6-12(18-22-13)9-3-2-4-10(16)5-9/h2-6,11,14H,7-8H2,1H3/t11-,14-/m0/s1. The third-order valence-corrected chi connectivity index (χ3v) is 3.86. The summed E-state index contributed by atoms with van der Waals surface area (Å²) in [4.78, 5) is 13.7. The molecular formula is C15H14ClFN2O3. The van der Waals surface area contributed by atoms with E-state index in [1.54, 1.807) is 18.2 Å². The Kier molecular flexibility index (Phi) is 4.13. The first kappa shape index (κ1) is 15.0. The molecule has 5 nitrogen and oxygen atoms in total. The fourth-order valence-corrected chi connectivity index (χ4v) is 2.63. The average Bonchev–Trinajstić information content (AvgIpc) is 3.13. The van der Waals surface area contributed by atoms with E-state index in [-0.39, 0.29) is 18.8 Å². The summed E-state index contributed by atoms with van der Waals surface area (Å²) in [6.45, 7) is 0.189. The normalized spacial score (nSPS) is 21.3. The molecule has 2 aromatic rings. The number of alkyl halides is 1. The van der Waals surface area contributed by atoms with E-state index in [1.807, 2.05) is 6.07 Å². The molecule has 1 aliphatic heterocycles. The summed E-state index contributed by atoms with van der Waals surface area (Å²) in [5.41, 5.74) is 1.25. The summed E-state index contributed by atoms with van der Waals surface area (Å²) < 4.78 is 23.7. The lowest BCUT2D eigenvalue weighted by atomic mass is 10.1. The van der Waals surface area contributed by atoms with Crippen molar-refractivity contribution in [2.24, 2.45) is 0 Å². The summed E-state index contributed by atoms with van der Waals surface area (Å²) >= 11 is 5.93. The number of methoxy groups -OCH3 is 1. The zero-order valence-electron chi connectivity index (χ0n) is 11.8. The topological polar surface area (TPSA) is 55.6 Å². The van der Waals surface area contributed by atoms with Gasteiger partial charge in [0.05, 0.1) is 13.1 Å². The van der Waals surface area contributed by atoms with Gasteiger partial charge in [-0.2, -0.15) is 0 Å². The molecule has 116 valence electrons. The van der Waals surface area contributed by atoms with E-state index in [2.05, 4.69) is 5.16 Å². The number of aromatic nitrogens is 1. The first-order valence-electron chi connectivity index (χ1n) is 6.77. The Morgan fingerprint density at radius 3 is 2.95 bits per heavy atom. The van der Waals surface area contributed by atoms with Crippen LogP contribution in [0.4, 0.5) is 4.39 Å². The predicted octanol–water partition coefficient (Wildman–Crippen LogP) is 2.80. The minimum Gasteiger partial charge on any atom is -0.377 e. The van der Waals surface area contributed by atoms with Crippen LogP contribution in [-0.2, 0) is 4.74 Å². The third-order valence-electron chi connectivity index (χ3n) is 3.63. The van der Waals surface area contributed by atoms with Gasteiger partial charge < -0.3 is 14.2 Å². The first-order valence-corrected chi connectivity index (χ1v) is 7.15. The van der Waals surface area contributed by atoms with Gasteiger partial charge in [0.1, 0.15) is 18.0 Å². The number of carbonyl (C=O) groups is 1. The molecule has 0 unspecified atom stereocenters. The molecule has 1 saturated heterocycles. The van der Waals surface area contributed by atoms with E-state index in [0.717, 1.165) is 5.56 Å². The summed E-state index contributed by atoms with van der Waals surface area (Å²) in [6, 6.07) is 8.59. The molecule has 1 aliphatic rings. The van der Waals surface area contributed by atoms with Gasteiger partial charge in [0.15, 0.2) is 0 Å². The van der Waals surface area contributed by atoms with E-state index in [4.69, 9.17) is 20.9 Å². The van der Waals surface area contributed by atoms with Crippen molar-refractivity contribution < 1.29 is 18.4 Å². The van der Waals surface area contributed by atoms with Crippen LogP contribution in [0, 0.1) is 0 Å². The van der Waals surface area contributed by atoms with Crippen molar-refractivity contribution in [2.75, 3.05) is 20.2 Å². The number of nitrogens with zero attached hydrogens (tertiary/aromatic N) is 2. The highest BCUT2D eigenvalue weighted by Crippen LogP contribution is 2.24. The number of likely N-dealkylation sites (tertiary alicyclic amines) is 1. The van der Waals surface area contributed by atoms with Gasteiger partial charge >= 0.3 is 0 Å². The Labute approximate surface area is 131 Å². The minimum absolute atomic E-state index is 0.00939. The monoisotopic (exact) mass is 324 g/mol. The van der Waals surface area contributed by atoms with E-state index < -0.39 is 18.2 Å². The number of rotatable bonds is 3. The van der Waals surface area contributed by atoms with Gasteiger partial charge in [-0.25, -0.2) is 4.39 Å². The first-order chi connectivity index (χ1) is 10.6. The van der Waals surface area contributed by atoms with Crippen molar-refractivity contribution >= 4 is 17.5 Å². The molecule has 2 atom stereocenters. The van der Waals surface area contributed by atoms with Crippen LogP contribution in [0.2, 0.25) is 5.02 Å². The van der Waals surface area contributed by atoms with Crippen molar-refractivity contribution in [1.82, 2.24) is 10.1 Å². The van der Waals surface area contributed by atoms with Crippen LogP contribution in [0.5, 0.6) is 0 Å². The molecule has 0 aliphatic carbocycles. The Hall–Kier alpha value is -1.92. The Morgan fingerprint density at radius 1 is 1.45 bits per heavy atom. The molecular weight excluding hydrogens is 311 g/mol. The summed E-state index contributed by atoms with van der Waals surface area (Å²) in [5.74, 6) is -0.332. The van der Waals surface area contributed by atoms with E-state index >= 15 is 0 Å². The Morgan fingerprint density at radius 2 is 2.27 bits per heavy atom. The molecule has 22 heavy (non-hydrogen) atoms. The molecule has 0 saturated carbocycles. The second-order valence-electron chi connectivity index (χ2n) is 5.09. The van der Waals surface area contributed by atoms with Crippen LogP contribution < -0.4 is 0 Å². The van der Waals surface area contributed by atoms with Crippen molar-refractivity contribution in [3.63, 3.8) is 0 Å². The highest BCUT2D eigenvalue weighted by atomic mass is 35.5. The predicted molar refractivity (Wildman–Crippen MR) is 78.5 cm³/mol. The lowest BCUT2D eigenvalue weighted by molar-refractivity contribution is 0.0585. The maximum atomic E-state index is 13.6. The molecule has 1 amide bonds. The molecule has 0 bridgehead atoms. The number of benzene rings is 1. The van der Waals surface area contributed by atoms with Gasteiger partial charge in [-0.3, -0.25) is 4.79 Å². The van der Waals surface area contributed by atoms with Gasteiger partial charge in [-0.1, -0.05) is 28.9 Å². The van der Waals surface area contributed by atoms with E-state index in [9.17, 15) is 9.18 Å². The molecule has 0 spiro atoms. The lowest BCUT2D eigenvalue weighted by Gasteiger charge is -2.12. The van der Waals surface area contributed by atoms with Crippen molar-refractivity contribution in [3.05, 3.63) is 41.1 Å². The van der Waals surface area contributed by atoms with Crippen LogP contribution in [0.15, 0.2) is 34.9 Å².